The van der Waals surface area contributed by atoms with Crippen molar-refractivity contribution in [2.24, 2.45) is 10.4 Å². The van der Waals surface area contributed by atoms with Gasteiger partial charge in [0.05, 0.1) is 11.8 Å². The second-order valence-electron chi connectivity index (χ2n) is 7.28. The fourth-order valence-electron chi connectivity index (χ4n) is 2.22. The lowest BCUT2D eigenvalue weighted by Crippen LogP contribution is -2.39. The van der Waals surface area contributed by atoms with E-state index in [-0.39, 0.29) is 17.2 Å². The molecule has 0 aliphatic rings. The lowest BCUT2D eigenvalue weighted by Gasteiger charge is -2.24. The first kappa shape index (κ1) is 22.3. The van der Waals surface area contributed by atoms with Gasteiger partial charge in [-0.05, 0) is 43.4 Å². The Balaban J connectivity index is 2.80. The molecule has 0 saturated carbocycles. The minimum Gasteiger partial charge on any atom is -0.357 e. The van der Waals surface area contributed by atoms with Crippen LogP contribution in [0.3, 0.4) is 0 Å². The summed E-state index contributed by atoms with van der Waals surface area (Å²) in [6.07, 6.45) is 1.73. The first-order valence-electron chi connectivity index (χ1n) is 8.61. The number of halogens is 2. The number of aliphatic imine (C=N–C) groups is 1. The third-order valence-electron chi connectivity index (χ3n) is 3.96. The highest BCUT2D eigenvalue weighted by Gasteiger charge is 2.20. The van der Waals surface area contributed by atoms with Crippen LogP contribution in [0.4, 0.5) is 8.78 Å². The van der Waals surface area contributed by atoms with Crippen molar-refractivity contribution in [3.63, 3.8) is 0 Å². The average molecular weight is 390 g/mol. The lowest BCUT2D eigenvalue weighted by molar-refractivity contribution is 0.365. The number of rotatable bonds is 8. The molecule has 26 heavy (non-hydrogen) atoms. The standard InChI is InChI=1S/C18H29F2N3O2S/c1-6-21-17(22-12-18(3,4)9-10-26(5,24)25)23-13(2)14-7-8-15(19)16(20)11-14/h7-8,11,13H,6,9-10,12H2,1-5H3,(H2,21,22,23). The Hall–Kier alpha value is -1.70. The van der Waals surface area contributed by atoms with Crippen LogP contribution in [0.25, 0.3) is 0 Å². The van der Waals surface area contributed by atoms with E-state index in [1.54, 1.807) is 0 Å². The molecule has 0 aliphatic carbocycles. The van der Waals surface area contributed by atoms with Crippen LogP contribution in [0, 0.1) is 17.0 Å². The molecule has 0 spiro atoms. The van der Waals surface area contributed by atoms with Crippen LogP contribution in [-0.2, 0) is 9.84 Å². The van der Waals surface area contributed by atoms with Gasteiger partial charge >= 0.3 is 0 Å². The Morgan fingerprint density at radius 2 is 1.92 bits per heavy atom. The third-order valence-corrected chi connectivity index (χ3v) is 4.90. The molecule has 0 aliphatic heterocycles. The van der Waals surface area contributed by atoms with E-state index in [0.29, 0.717) is 31.0 Å². The molecule has 8 heteroatoms. The number of hydrogen-bond acceptors (Lipinski definition) is 3. The minimum atomic E-state index is -3.01. The molecule has 0 amide bonds. The Labute approximate surface area is 155 Å². The van der Waals surface area contributed by atoms with Gasteiger partial charge in [-0.25, -0.2) is 17.2 Å². The van der Waals surface area contributed by atoms with Gasteiger partial charge in [0.2, 0.25) is 0 Å². The van der Waals surface area contributed by atoms with Gasteiger partial charge in [-0.1, -0.05) is 19.9 Å². The fraction of sp³-hybridized carbons (Fsp3) is 0.611. The monoisotopic (exact) mass is 389 g/mol. The van der Waals surface area contributed by atoms with Crippen LogP contribution in [0.15, 0.2) is 23.2 Å². The van der Waals surface area contributed by atoms with Crippen LogP contribution in [-0.4, -0.2) is 39.5 Å². The number of benzene rings is 1. The average Bonchev–Trinajstić information content (AvgIpc) is 2.53. The summed E-state index contributed by atoms with van der Waals surface area (Å²) in [6, 6.07) is 3.51. The van der Waals surface area contributed by atoms with Crippen LogP contribution in [0.5, 0.6) is 0 Å². The predicted molar refractivity (Wildman–Crippen MR) is 102 cm³/mol. The molecular weight excluding hydrogens is 360 g/mol. The summed E-state index contributed by atoms with van der Waals surface area (Å²) in [7, 11) is -3.01. The molecule has 0 bridgehead atoms. The van der Waals surface area contributed by atoms with E-state index in [9.17, 15) is 17.2 Å². The topological polar surface area (TPSA) is 70.6 Å². The molecule has 0 radical (unpaired) electrons. The van der Waals surface area contributed by atoms with Gasteiger partial charge in [0.1, 0.15) is 9.84 Å². The lowest BCUT2D eigenvalue weighted by atomic mass is 9.90. The van der Waals surface area contributed by atoms with Gasteiger partial charge < -0.3 is 10.6 Å². The predicted octanol–water partition coefficient (Wildman–Crippen LogP) is 3.04. The molecule has 0 aromatic heterocycles. The van der Waals surface area contributed by atoms with Crippen molar-refractivity contribution < 1.29 is 17.2 Å². The van der Waals surface area contributed by atoms with E-state index in [4.69, 9.17) is 0 Å². The maximum atomic E-state index is 13.4. The maximum Gasteiger partial charge on any atom is 0.191 e. The molecule has 2 N–H and O–H groups in total. The van der Waals surface area contributed by atoms with Crippen molar-refractivity contribution in [1.29, 1.82) is 0 Å². The Morgan fingerprint density at radius 1 is 1.27 bits per heavy atom. The number of sulfone groups is 1. The zero-order chi connectivity index (χ0) is 20.0. The second-order valence-corrected chi connectivity index (χ2v) is 9.54. The van der Waals surface area contributed by atoms with Crippen molar-refractivity contribution in [1.82, 2.24) is 10.6 Å². The molecule has 1 aromatic carbocycles. The van der Waals surface area contributed by atoms with Crippen LogP contribution in [0.2, 0.25) is 0 Å². The maximum absolute atomic E-state index is 13.4. The zero-order valence-corrected chi connectivity index (χ0v) is 16.9. The molecule has 5 nitrogen and oxygen atoms in total. The molecule has 1 aromatic rings. The van der Waals surface area contributed by atoms with Crippen molar-refractivity contribution in [2.75, 3.05) is 25.1 Å². The molecule has 1 atom stereocenters. The van der Waals surface area contributed by atoms with Gasteiger partial charge in [0, 0.05) is 19.3 Å². The molecule has 1 rings (SSSR count). The number of nitrogens with zero attached hydrogens (tertiary/aromatic N) is 1. The summed E-state index contributed by atoms with van der Waals surface area (Å²) in [6.45, 7) is 8.75. The normalized spacial score (nSPS) is 14.2. The Morgan fingerprint density at radius 3 is 2.46 bits per heavy atom. The number of guanidine groups is 1. The smallest absolute Gasteiger partial charge is 0.191 e. The highest BCUT2D eigenvalue weighted by atomic mass is 32.2. The molecule has 0 heterocycles. The van der Waals surface area contributed by atoms with Crippen molar-refractivity contribution in [3.05, 3.63) is 35.4 Å². The SMILES string of the molecule is CCNC(=NCC(C)(C)CCS(C)(=O)=O)NC(C)c1ccc(F)c(F)c1. The first-order valence-corrected chi connectivity index (χ1v) is 10.7. The minimum absolute atomic E-state index is 0.116. The van der Waals surface area contributed by atoms with E-state index >= 15 is 0 Å². The van der Waals surface area contributed by atoms with Crippen LogP contribution < -0.4 is 10.6 Å². The largest absolute Gasteiger partial charge is 0.357 e. The first-order chi connectivity index (χ1) is 11.9. The molecule has 1 unspecified atom stereocenters. The highest BCUT2D eigenvalue weighted by molar-refractivity contribution is 7.90. The highest BCUT2D eigenvalue weighted by Crippen LogP contribution is 2.21. The Kier molecular flexibility index (Phi) is 7.99. The summed E-state index contributed by atoms with van der Waals surface area (Å²) in [5, 5.41) is 6.26. The summed E-state index contributed by atoms with van der Waals surface area (Å²) in [5.41, 5.74) is 0.322. The van der Waals surface area contributed by atoms with E-state index in [1.807, 2.05) is 27.7 Å². The van der Waals surface area contributed by atoms with Gasteiger partial charge in [-0.2, -0.15) is 0 Å². The van der Waals surface area contributed by atoms with Crippen LogP contribution in [0.1, 0.15) is 45.7 Å². The molecular formula is C18H29F2N3O2S. The summed E-state index contributed by atoms with van der Waals surface area (Å²) in [5.74, 6) is -1.11. The van der Waals surface area contributed by atoms with Crippen molar-refractivity contribution in [2.45, 2.75) is 40.2 Å². The van der Waals surface area contributed by atoms with E-state index < -0.39 is 21.5 Å². The second kappa shape index (κ2) is 9.30. The number of hydrogen-bond donors (Lipinski definition) is 2. The molecule has 0 fully saturated rings. The third kappa shape index (κ3) is 8.12. The van der Waals surface area contributed by atoms with Crippen molar-refractivity contribution >= 4 is 15.8 Å². The van der Waals surface area contributed by atoms with Gasteiger partial charge in [0.15, 0.2) is 17.6 Å². The summed E-state index contributed by atoms with van der Waals surface area (Å²) in [4.78, 5) is 4.52. The summed E-state index contributed by atoms with van der Waals surface area (Å²) >= 11 is 0. The number of nitrogens with one attached hydrogen (secondary N) is 2. The van der Waals surface area contributed by atoms with Gasteiger partial charge in [-0.3, -0.25) is 4.99 Å². The van der Waals surface area contributed by atoms with Gasteiger partial charge in [-0.15, -0.1) is 0 Å². The summed E-state index contributed by atoms with van der Waals surface area (Å²) < 4.78 is 49.2. The molecule has 148 valence electrons. The van der Waals surface area contributed by atoms with E-state index in [1.165, 1.54) is 12.3 Å². The van der Waals surface area contributed by atoms with Crippen LogP contribution >= 0.6 is 0 Å². The zero-order valence-electron chi connectivity index (χ0n) is 16.1. The van der Waals surface area contributed by atoms with E-state index in [2.05, 4.69) is 15.6 Å². The quantitative estimate of drug-likeness (QED) is 0.530. The van der Waals surface area contributed by atoms with E-state index in [0.717, 1.165) is 12.1 Å². The fourth-order valence-corrected chi connectivity index (χ4v) is 3.15. The van der Waals surface area contributed by atoms with Crippen molar-refractivity contribution in [3.8, 4) is 0 Å². The Bertz CT molecular complexity index is 734. The molecule has 0 saturated heterocycles. The van der Waals surface area contributed by atoms with Gasteiger partial charge in [0.25, 0.3) is 0 Å².